The number of carbonyl (C=O) groups is 1. The highest BCUT2D eigenvalue weighted by molar-refractivity contribution is 5.78. The number of carbonyl (C=O) groups excluding carboxylic acids is 1. The van der Waals surface area contributed by atoms with Crippen molar-refractivity contribution in [1.82, 2.24) is 15.3 Å². The number of hydrogen-bond donors (Lipinski definition) is 2. The molecule has 3 rings (SSSR count). The standard InChI is InChI=1S/C18H23N3O3/c1-12-6-8-13(9-7-12)19-17(22)11-24-10-16-20-15-5-3-2-4-14(15)18(23)21-16/h2-5,12-13H,6-11H2,1H3,(H,19,22)(H,20,21,23). The minimum atomic E-state index is -0.194. The van der Waals surface area contributed by atoms with E-state index in [0.717, 1.165) is 31.6 Å². The average Bonchev–Trinajstić information content (AvgIpc) is 2.57. The summed E-state index contributed by atoms with van der Waals surface area (Å²) in [4.78, 5) is 30.9. The smallest absolute Gasteiger partial charge is 0.258 e. The van der Waals surface area contributed by atoms with Crippen LogP contribution in [0.3, 0.4) is 0 Å². The van der Waals surface area contributed by atoms with E-state index in [1.807, 2.05) is 6.07 Å². The van der Waals surface area contributed by atoms with Crippen LogP contribution in [0, 0.1) is 5.92 Å². The fourth-order valence-electron chi connectivity index (χ4n) is 3.12. The van der Waals surface area contributed by atoms with Gasteiger partial charge in [0.2, 0.25) is 5.91 Å². The van der Waals surface area contributed by atoms with Gasteiger partial charge in [-0.1, -0.05) is 19.1 Å². The van der Waals surface area contributed by atoms with Gasteiger partial charge in [-0.25, -0.2) is 4.98 Å². The molecule has 0 radical (unpaired) electrons. The number of aromatic amines is 1. The van der Waals surface area contributed by atoms with E-state index in [2.05, 4.69) is 22.2 Å². The molecule has 2 aromatic rings. The largest absolute Gasteiger partial charge is 0.364 e. The van der Waals surface area contributed by atoms with Crippen LogP contribution in [0.1, 0.15) is 38.4 Å². The van der Waals surface area contributed by atoms with Gasteiger partial charge < -0.3 is 15.0 Å². The van der Waals surface area contributed by atoms with E-state index >= 15 is 0 Å². The second kappa shape index (κ2) is 7.57. The minimum absolute atomic E-state index is 0.0252. The summed E-state index contributed by atoms with van der Waals surface area (Å²) in [6.07, 6.45) is 4.39. The highest BCUT2D eigenvalue weighted by Gasteiger charge is 2.19. The van der Waals surface area contributed by atoms with E-state index in [0.29, 0.717) is 16.7 Å². The topological polar surface area (TPSA) is 84.1 Å². The van der Waals surface area contributed by atoms with E-state index in [4.69, 9.17) is 4.74 Å². The predicted octanol–water partition coefficient (Wildman–Crippen LogP) is 2.13. The molecule has 1 heterocycles. The van der Waals surface area contributed by atoms with E-state index in [1.165, 1.54) is 0 Å². The van der Waals surface area contributed by atoms with Crippen molar-refractivity contribution in [2.24, 2.45) is 5.92 Å². The number of nitrogens with zero attached hydrogens (tertiary/aromatic N) is 1. The number of nitrogens with one attached hydrogen (secondary N) is 2. The zero-order chi connectivity index (χ0) is 16.9. The van der Waals surface area contributed by atoms with E-state index in [-0.39, 0.29) is 30.7 Å². The first-order chi connectivity index (χ1) is 11.6. The monoisotopic (exact) mass is 329 g/mol. The summed E-state index contributed by atoms with van der Waals surface area (Å²) in [5.41, 5.74) is 0.431. The zero-order valence-electron chi connectivity index (χ0n) is 13.9. The third-order valence-electron chi connectivity index (χ3n) is 4.51. The lowest BCUT2D eigenvalue weighted by molar-refractivity contribution is -0.127. The SMILES string of the molecule is CC1CCC(NC(=O)COCc2nc3ccccc3c(=O)[nH]2)CC1. The third-order valence-corrected chi connectivity index (χ3v) is 4.51. The van der Waals surface area contributed by atoms with Gasteiger partial charge in [0.25, 0.3) is 5.56 Å². The highest BCUT2D eigenvalue weighted by atomic mass is 16.5. The van der Waals surface area contributed by atoms with Crippen LogP contribution in [0.4, 0.5) is 0 Å². The maximum absolute atomic E-state index is 12.0. The van der Waals surface area contributed by atoms with Gasteiger partial charge in [0.1, 0.15) is 19.0 Å². The summed E-state index contributed by atoms with van der Waals surface area (Å²) >= 11 is 0. The lowest BCUT2D eigenvalue weighted by Crippen LogP contribution is -2.39. The third kappa shape index (κ3) is 4.20. The molecule has 0 aliphatic heterocycles. The zero-order valence-corrected chi connectivity index (χ0v) is 13.9. The van der Waals surface area contributed by atoms with Crippen molar-refractivity contribution in [2.45, 2.75) is 45.3 Å². The van der Waals surface area contributed by atoms with E-state index in [9.17, 15) is 9.59 Å². The number of benzene rings is 1. The molecule has 1 fully saturated rings. The molecule has 0 atom stereocenters. The van der Waals surface area contributed by atoms with Crippen molar-refractivity contribution in [3.05, 3.63) is 40.4 Å². The van der Waals surface area contributed by atoms with Gasteiger partial charge in [0, 0.05) is 6.04 Å². The second-order valence-corrected chi connectivity index (χ2v) is 6.55. The molecule has 0 unspecified atom stereocenters. The van der Waals surface area contributed by atoms with E-state index < -0.39 is 0 Å². The number of rotatable bonds is 5. The molecular weight excluding hydrogens is 306 g/mol. The van der Waals surface area contributed by atoms with Crippen LogP contribution < -0.4 is 10.9 Å². The molecule has 0 saturated heterocycles. The van der Waals surface area contributed by atoms with Crippen LogP contribution in [-0.2, 0) is 16.1 Å². The summed E-state index contributed by atoms with van der Waals surface area (Å²) in [7, 11) is 0. The van der Waals surface area contributed by atoms with Crippen LogP contribution in [0.2, 0.25) is 0 Å². The van der Waals surface area contributed by atoms with Crippen molar-refractivity contribution in [3.63, 3.8) is 0 Å². The molecule has 0 spiro atoms. The number of para-hydroxylation sites is 1. The molecule has 1 aliphatic rings. The molecule has 1 aromatic carbocycles. The summed E-state index contributed by atoms with van der Waals surface area (Å²) in [6, 6.07) is 7.40. The first kappa shape index (κ1) is 16.6. The van der Waals surface area contributed by atoms with Gasteiger partial charge >= 0.3 is 0 Å². The normalized spacial score (nSPS) is 20.9. The molecule has 1 saturated carbocycles. The van der Waals surface area contributed by atoms with Gasteiger partial charge in [0.05, 0.1) is 10.9 Å². The number of ether oxygens (including phenoxy) is 1. The Bertz CT molecular complexity index is 763. The number of hydrogen-bond acceptors (Lipinski definition) is 4. The summed E-state index contributed by atoms with van der Waals surface area (Å²) < 4.78 is 5.40. The summed E-state index contributed by atoms with van der Waals surface area (Å²) in [6.45, 7) is 2.33. The van der Waals surface area contributed by atoms with Gasteiger partial charge in [-0.2, -0.15) is 0 Å². The quantitative estimate of drug-likeness (QED) is 0.880. The fourth-order valence-corrected chi connectivity index (χ4v) is 3.12. The second-order valence-electron chi connectivity index (χ2n) is 6.55. The Labute approximate surface area is 140 Å². The molecule has 1 aromatic heterocycles. The lowest BCUT2D eigenvalue weighted by Gasteiger charge is -2.26. The molecule has 2 N–H and O–H groups in total. The van der Waals surface area contributed by atoms with Crippen LogP contribution in [0.25, 0.3) is 10.9 Å². The Morgan fingerprint density at radius 3 is 2.83 bits per heavy atom. The molecule has 1 amide bonds. The predicted molar refractivity (Wildman–Crippen MR) is 91.6 cm³/mol. The number of amides is 1. The van der Waals surface area contributed by atoms with Crippen molar-refractivity contribution in [1.29, 1.82) is 0 Å². The molecule has 24 heavy (non-hydrogen) atoms. The maximum Gasteiger partial charge on any atom is 0.258 e. The van der Waals surface area contributed by atoms with Gasteiger partial charge in [0.15, 0.2) is 0 Å². The number of H-pyrrole nitrogens is 1. The number of fused-ring (bicyclic) bond motifs is 1. The summed E-state index contributed by atoms with van der Waals surface area (Å²) in [5, 5.41) is 3.56. The minimum Gasteiger partial charge on any atom is -0.364 e. The van der Waals surface area contributed by atoms with Crippen LogP contribution in [-0.4, -0.2) is 28.5 Å². The Morgan fingerprint density at radius 2 is 2.04 bits per heavy atom. The Hall–Kier alpha value is -2.21. The van der Waals surface area contributed by atoms with Crippen molar-refractivity contribution < 1.29 is 9.53 Å². The van der Waals surface area contributed by atoms with Crippen molar-refractivity contribution in [3.8, 4) is 0 Å². The molecule has 128 valence electrons. The van der Waals surface area contributed by atoms with Crippen LogP contribution in [0.5, 0.6) is 0 Å². The highest BCUT2D eigenvalue weighted by Crippen LogP contribution is 2.23. The fraction of sp³-hybridized carbons (Fsp3) is 0.500. The molecular formula is C18H23N3O3. The Morgan fingerprint density at radius 1 is 1.29 bits per heavy atom. The molecule has 0 bridgehead atoms. The maximum atomic E-state index is 12.0. The van der Waals surface area contributed by atoms with Crippen molar-refractivity contribution >= 4 is 16.8 Å². The first-order valence-electron chi connectivity index (χ1n) is 8.47. The van der Waals surface area contributed by atoms with Gasteiger partial charge in [-0.3, -0.25) is 9.59 Å². The average molecular weight is 329 g/mol. The number of aromatic nitrogens is 2. The van der Waals surface area contributed by atoms with Crippen LogP contribution >= 0.6 is 0 Å². The van der Waals surface area contributed by atoms with Gasteiger partial charge in [-0.15, -0.1) is 0 Å². The lowest BCUT2D eigenvalue weighted by atomic mass is 9.87. The molecule has 1 aliphatic carbocycles. The first-order valence-corrected chi connectivity index (χ1v) is 8.47. The Balaban J connectivity index is 1.49. The summed E-state index contributed by atoms with van der Waals surface area (Å²) in [5.74, 6) is 1.07. The van der Waals surface area contributed by atoms with Crippen molar-refractivity contribution in [2.75, 3.05) is 6.61 Å². The van der Waals surface area contributed by atoms with Gasteiger partial charge in [-0.05, 0) is 43.7 Å². The van der Waals surface area contributed by atoms with E-state index in [1.54, 1.807) is 18.2 Å². The van der Waals surface area contributed by atoms with Crippen LogP contribution in [0.15, 0.2) is 29.1 Å². The molecule has 6 nitrogen and oxygen atoms in total. The Kier molecular flexibility index (Phi) is 5.25. The molecule has 6 heteroatoms.